The highest BCUT2D eigenvalue weighted by molar-refractivity contribution is 7.18. The third-order valence-electron chi connectivity index (χ3n) is 9.74. The third kappa shape index (κ3) is 6.44. The topological polar surface area (TPSA) is 125 Å². The predicted molar refractivity (Wildman–Crippen MR) is 202 cm³/mol. The van der Waals surface area contributed by atoms with Crippen molar-refractivity contribution in [2.45, 2.75) is 96.4 Å². The fraction of sp³-hybridized carbons (Fsp3) is 0.400. The summed E-state index contributed by atoms with van der Waals surface area (Å²) in [7, 11) is 0. The highest BCUT2D eigenvalue weighted by atomic mass is 32.1. The number of amides is 2. The summed E-state index contributed by atoms with van der Waals surface area (Å²) in [5.41, 5.74) is 4.29. The van der Waals surface area contributed by atoms with Crippen molar-refractivity contribution < 1.29 is 19.1 Å². The number of rotatable bonds is 5. The molecule has 0 radical (unpaired) electrons. The van der Waals surface area contributed by atoms with Gasteiger partial charge in [0, 0.05) is 21.7 Å². The molecule has 4 heterocycles. The number of carbonyl (C=O) groups is 2. The Hall–Kier alpha value is -4.90. The molecule has 0 spiro atoms. The first-order valence-electron chi connectivity index (χ1n) is 17.8. The number of hydrogen-bond donors (Lipinski definition) is 3. The maximum absolute atomic E-state index is 13.0. The Balaban J connectivity index is 1.03. The summed E-state index contributed by atoms with van der Waals surface area (Å²) in [4.78, 5) is 46.7. The maximum Gasteiger partial charge on any atom is 0.410 e. The van der Waals surface area contributed by atoms with E-state index < -0.39 is 22.8 Å². The number of H-pyrrole nitrogens is 2. The average molecular weight is 705 g/mol. The Bertz CT molecular complexity index is 2300. The Kier molecular flexibility index (Phi) is 7.90. The summed E-state index contributed by atoms with van der Waals surface area (Å²) in [6.45, 7) is 11.9. The number of aromatic amines is 2. The maximum atomic E-state index is 13.0. The number of nitrogens with one attached hydrogen (secondary N) is 3. The van der Waals surface area contributed by atoms with Gasteiger partial charge in [-0.1, -0.05) is 24.3 Å². The van der Waals surface area contributed by atoms with Crippen molar-refractivity contribution in [2.75, 3.05) is 6.54 Å². The van der Waals surface area contributed by atoms with Crippen LogP contribution in [0.3, 0.4) is 0 Å². The van der Waals surface area contributed by atoms with Gasteiger partial charge in [-0.05, 0) is 127 Å². The van der Waals surface area contributed by atoms with E-state index in [1.807, 2.05) is 47.6 Å². The molecular formula is C40H44N6O4S. The molecular weight excluding hydrogens is 661 g/mol. The predicted octanol–water partition coefficient (Wildman–Crippen LogP) is 9.96. The molecule has 6 aromatic rings. The van der Waals surface area contributed by atoms with Gasteiger partial charge in [0.1, 0.15) is 28.4 Å². The molecule has 8 rings (SSSR count). The number of nitrogens with zero attached hydrogens (tertiary/aromatic N) is 3. The van der Waals surface area contributed by atoms with Gasteiger partial charge < -0.3 is 24.8 Å². The van der Waals surface area contributed by atoms with E-state index >= 15 is 0 Å². The van der Waals surface area contributed by atoms with Crippen molar-refractivity contribution in [2.24, 2.45) is 0 Å². The number of alkyl carbamates (subject to hydrolysis) is 1. The Morgan fingerprint density at radius 2 is 1.57 bits per heavy atom. The molecule has 2 fully saturated rings. The summed E-state index contributed by atoms with van der Waals surface area (Å²) in [6.07, 6.45) is 3.71. The molecule has 51 heavy (non-hydrogen) atoms. The van der Waals surface area contributed by atoms with Crippen molar-refractivity contribution in [1.29, 1.82) is 0 Å². The van der Waals surface area contributed by atoms with Gasteiger partial charge in [-0.2, -0.15) is 0 Å². The minimum absolute atomic E-state index is 0.132. The molecule has 1 aliphatic carbocycles. The average Bonchev–Trinajstić information content (AvgIpc) is 3.85. The van der Waals surface area contributed by atoms with Gasteiger partial charge in [0.05, 0.1) is 28.1 Å². The monoisotopic (exact) mass is 704 g/mol. The van der Waals surface area contributed by atoms with Gasteiger partial charge in [0.25, 0.3) is 0 Å². The molecule has 264 valence electrons. The molecule has 11 heteroatoms. The zero-order valence-corrected chi connectivity index (χ0v) is 30.8. The van der Waals surface area contributed by atoms with Gasteiger partial charge in [-0.15, -0.1) is 11.3 Å². The molecule has 1 saturated carbocycles. The largest absolute Gasteiger partial charge is 0.444 e. The van der Waals surface area contributed by atoms with Crippen LogP contribution in [0.15, 0.2) is 60.7 Å². The van der Waals surface area contributed by atoms with Crippen LogP contribution in [0.4, 0.5) is 9.59 Å². The van der Waals surface area contributed by atoms with Gasteiger partial charge in [-0.25, -0.2) is 19.6 Å². The molecule has 1 saturated heterocycles. The van der Waals surface area contributed by atoms with Gasteiger partial charge >= 0.3 is 12.2 Å². The number of likely N-dealkylation sites (tertiary alicyclic amines) is 1. The number of fused-ring (bicyclic) bond motifs is 4. The van der Waals surface area contributed by atoms with Crippen LogP contribution >= 0.6 is 11.3 Å². The summed E-state index contributed by atoms with van der Waals surface area (Å²) in [5.74, 6) is 1.58. The normalized spacial score (nSPS) is 17.6. The summed E-state index contributed by atoms with van der Waals surface area (Å²) in [5, 5.41) is 5.29. The molecule has 1 aliphatic heterocycles. The first-order chi connectivity index (χ1) is 24.2. The van der Waals surface area contributed by atoms with E-state index in [1.54, 1.807) is 16.2 Å². The second-order valence-electron chi connectivity index (χ2n) is 15.9. The zero-order valence-electron chi connectivity index (χ0n) is 30.0. The second kappa shape index (κ2) is 12.1. The van der Waals surface area contributed by atoms with Crippen molar-refractivity contribution in [3.8, 4) is 20.9 Å². The van der Waals surface area contributed by atoms with Crippen LogP contribution in [0, 0.1) is 0 Å². The lowest BCUT2D eigenvalue weighted by molar-refractivity contribution is 0.0218. The fourth-order valence-electron chi connectivity index (χ4n) is 7.21. The lowest BCUT2D eigenvalue weighted by Crippen LogP contribution is -2.52. The van der Waals surface area contributed by atoms with Crippen LogP contribution in [-0.4, -0.2) is 54.8 Å². The van der Waals surface area contributed by atoms with Crippen LogP contribution < -0.4 is 5.32 Å². The van der Waals surface area contributed by atoms with Crippen molar-refractivity contribution >= 4 is 56.4 Å². The van der Waals surface area contributed by atoms with Crippen LogP contribution in [0.2, 0.25) is 0 Å². The van der Waals surface area contributed by atoms with E-state index in [-0.39, 0.29) is 12.1 Å². The molecule has 2 amide bonds. The van der Waals surface area contributed by atoms with E-state index in [0.717, 1.165) is 92.6 Å². The zero-order chi connectivity index (χ0) is 35.7. The minimum atomic E-state index is -0.566. The van der Waals surface area contributed by atoms with E-state index in [0.29, 0.717) is 6.54 Å². The third-order valence-corrected chi connectivity index (χ3v) is 10.9. The standard InChI is InChI=1S/C40H44N6O4S/c1-38(2,3)49-36(47)45-40(18-8-19-40)35-42-27-14-12-25(22-29(27)43-35)32-17-16-31(51-32)24-10-13-26-23(21-24)11-15-28-33(26)44-34(41-28)30-9-7-20-46(30)37(48)50-39(4,5)6/h10-17,21-22,30H,7-9,18-20H2,1-6H3,(H,41,44)(H,42,43)(H,45,47)/t30-/m0/s1. The Morgan fingerprint density at radius 3 is 2.27 bits per heavy atom. The number of hydrogen-bond acceptors (Lipinski definition) is 7. The number of aromatic nitrogens is 4. The first kappa shape index (κ1) is 33.3. The van der Waals surface area contributed by atoms with Gasteiger partial charge in [-0.3, -0.25) is 4.90 Å². The van der Waals surface area contributed by atoms with E-state index in [4.69, 9.17) is 19.4 Å². The smallest absolute Gasteiger partial charge is 0.410 e. The van der Waals surface area contributed by atoms with Crippen molar-refractivity contribution in [3.05, 3.63) is 72.3 Å². The van der Waals surface area contributed by atoms with Crippen molar-refractivity contribution in [3.63, 3.8) is 0 Å². The van der Waals surface area contributed by atoms with Gasteiger partial charge in [0.15, 0.2) is 0 Å². The van der Waals surface area contributed by atoms with Crippen LogP contribution in [0.5, 0.6) is 0 Å². The molecule has 1 atom stereocenters. The molecule has 3 aromatic heterocycles. The number of thiophene rings is 1. The summed E-state index contributed by atoms with van der Waals surface area (Å²) >= 11 is 1.75. The molecule has 2 aliphatic rings. The van der Waals surface area contributed by atoms with Crippen LogP contribution in [-0.2, 0) is 15.0 Å². The van der Waals surface area contributed by atoms with Crippen LogP contribution in [0.1, 0.15) is 91.3 Å². The number of ether oxygens (including phenoxy) is 2. The molecule has 0 unspecified atom stereocenters. The lowest BCUT2D eigenvalue weighted by atomic mass is 9.76. The number of benzene rings is 3. The highest BCUT2D eigenvalue weighted by Crippen LogP contribution is 2.42. The molecule has 3 N–H and O–H groups in total. The molecule has 10 nitrogen and oxygen atoms in total. The molecule has 0 bridgehead atoms. The number of carbonyl (C=O) groups excluding carboxylic acids is 2. The van der Waals surface area contributed by atoms with Crippen molar-refractivity contribution in [1.82, 2.24) is 30.2 Å². The van der Waals surface area contributed by atoms with Gasteiger partial charge in [0.2, 0.25) is 0 Å². The first-order valence-corrected chi connectivity index (χ1v) is 18.6. The van der Waals surface area contributed by atoms with E-state index in [1.165, 1.54) is 4.88 Å². The lowest BCUT2D eigenvalue weighted by Gasteiger charge is -2.40. The Morgan fingerprint density at radius 1 is 0.843 bits per heavy atom. The minimum Gasteiger partial charge on any atom is -0.444 e. The van der Waals surface area contributed by atoms with Crippen LogP contribution in [0.25, 0.3) is 53.7 Å². The summed E-state index contributed by atoms with van der Waals surface area (Å²) < 4.78 is 11.2. The van der Waals surface area contributed by atoms with E-state index in [2.05, 4.69) is 69.9 Å². The Labute approximate surface area is 301 Å². The highest BCUT2D eigenvalue weighted by Gasteiger charge is 2.44. The quantitative estimate of drug-likeness (QED) is 0.164. The fourth-order valence-corrected chi connectivity index (χ4v) is 8.21. The SMILES string of the molecule is CC(C)(C)OC(=O)NC1(c2nc3ccc(-c4ccc(-c5ccc6c(ccc7[nH]c([C@@H]8CCCN8C(=O)OC(C)(C)C)nc76)c5)s4)cc3[nH]2)CCC1. The van der Waals surface area contributed by atoms with E-state index in [9.17, 15) is 9.59 Å². The number of imidazole rings is 2. The summed E-state index contributed by atoms with van der Waals surface area (Å²) in [6, 6.07) is 21.2. The molecule has 3 aromatic carbocycles. The second-order valence-corrected chi connectivity index (χ2v) is 17.0.